The molecule has 2 aromatic rings. The molecule has 1 aliphatic rings. The van der Waals surface area contributed by atoms with Crippen LogP contribution in [-0.4, -0.2) is 41.3 Å². The molecular weight excluding hydrogens is 352 g/mol. The largest absolute Gasteiger partial charge is 0.329 e. The number of hydrogen-bond acceptors (Lipinski definition) is 4. The average molecular weight is 375 g/mol. The molecule has 0 spiro atoms. The zero-order valence-electron chi connectivity index (χ0n) is 14.6. The molecule has 1 atom stereocenters. The smallest absolute Gasteiger partial charge is 0.254 e. The van der Waals surface area contributed by atoms with Gasteiger partial charge >= 0.3 is 0 Å². The van der Waals surface area contributed by atoms with Crippen molar-refractivity contribution in [2.24, 2.45) is 0 Å². The standard InChI is InChI=1S/C19H22N4O2.ClH/c1-2-18(24)22-16-7-3-5-14(11-16)19(25)23-10-9-21-13-17(23)15-6-4-8-20-12-15;/h3-8,11-12,17,21H,2,9-10,13H2,1H3,(H,22,24);1H. The summed E-state index contributed by atoms with van der Waals surface area (Å²) in [5, 5.41) is 6.14. The Bertz CT molecular complexity index is 754. The van der Waals surface area contributed by atoms with Gasteiger partial charge in [0.05, 0.1) is 6.04 Å². The summed E-state index contributed by atoms with van der Waals surface area (Å²) in [7, 11) is 0. The third-order valence-electron chi connectivity index (χ3n) is 4.29. The van der Waals surface area contributed by atoms with E-state index in [2.05, 4.69) is 15.6 Å². The predicted octanol–water partition coefficient (Wildman–Crippen LogP) is 2.64. The summed E-state index contributed by atoms with van der Waals surface area (Å²) in [5.41, 5.74) is 2.23. The SMILES string of the molecule is CCC(=O)Nc1cccc(C(=O)N2CCNCC2c2cccnc2)c1.Cl. The van der Waals surface area contributed by atoms with Crippen LogP contribution >= 0.6 is 12.4 Å². The first-order valence-electron chi connectivity index (χ1n) is 8.50. The molecule has 26 heavy (non-hydrogen) atoms. The highest BCUT2D eigenvalue weighted by Gasteiger charge is 2.28. The monoisotopic (exact) mass is 374 g/mol. The van der Waals surface area contributed by atoms with E-state index in [4.69, 9.17) is 0 Å². The van der Waals surface area contributed by atoms with Crippen LogP contribution < -0.4 is 10.6 Å². The Balaban J connectivity index is 0.00000243. The van der Waals surface area contributed by atoms with Crippen molar-refractivity contribution in [1.29, 1.82) is 0 Å². The van der Waals surface area contributed by atoms with Crippen molar-refractivity contribution in [3.05, 3.63) is 59.9 Å². The van der Waals surface area contributed by atoms with E-state index >= 15 is 0 Å². The molecular formula is C19H23ClN4O2. The van der Waals surface area contributed by atoms with E-state index in [1.54, 1.807) is 43.6 Å². The number of nitrogens with one attached hydrogen (secondary N) is 2. The lowest BCUT2D eigenvalue weighted by Gasteiger charge is -2.36. The minimum Gasteiger partial charge on any atom is -0.329 e. The maximum atomic E-state index is 13.1. The molecule has 0 bridgehead atoms. The molecule has 1 aliphatic heterocycles. The first-order valence-corrected chi connectivity index (χ1v) is 8.50. The van der Waals surface area contributed by atoms with Crippen LogP contribution in [0.5, 0.6) is 0 Å². The molecule has 1 aromatic heterocycles. The van der Waals surface area contributed by atoms with E-state index < -0.39 is 0 Å². The number of aromatic nitrogens is 1. The van der Waals surface area contributed by atoms with Crippen molar-refractivity contribution in [1.82, 2.24) is 15.2 Å². The first kappa shape index (κ1) is 19.9. The molecule has 0 aliphatic carbocycles. The number of halogens is 1. The Morgan fingerprint density at radius 3 is 2.88 bits per heavy atom. The van der Waals surface area contributed by atoms with Crippen molar-refractivity contribution in [3.8, 4) is 0 Å². The Morgan fingerprint density at radius 2 is 2.15 bits per heavy atom. The maximum absolute atomic E-state index is 13.1. The third-order valence-corrected chi connectivity index (χ3v) is 4.29. The lowest BCUT2D eigenvalue weighted by Crippen LogP contribution is -2.48. The number of pyridine rings is 1. The fraction of sp³-hybridized carbons (Fsp3) is 0.316. The van der Waals surface area contributed by atoms with Crippen LogP contribution in [0.1, 0.15) is 35.3 Å². The summed E-state index contributed by atoms with van der Waals surface area (Å²) in [4.78, 5) is 30.7. The van der Waals surface area contributed by atoms with Gasteiger partial charge in [-0.1, -0.05) is 19.1 Å². The van der Waals surface area contributed by atoms with Crippen molar-refractivity contribution in [2.45, 2.75) is 19.4 Å². The number of nitrogens with zero attached hydrogens (tertiary/aromatic N) is 2. The summed E-state index contributed by atoms with van der Waals surface area (Å²) >= 11 is 0. The zero-order chi connectivity index (χ0) is 17.6. The molecule has 6 nitrogen and oxygen atoms in total. The minimum atomic E-state index is -0.0694. The average Bonchev–Trinajstić information content (AvgIpc) is 2.68. The van der Waals surface area contributed by atoms with Gasteiger partial charge in [0, 0.05) is 49.7 Å². The van der Waals surface area contributed by atoms with Crippen LogP contribution in [0, 0.1) is 0 Å². The number of carbonyl (C=O) groups is 2. The van der Waals surface area contributed by atoms with E-state index in [0.29, 0.717) is 30.8 Å². The summed E-state index contributed by atoms with van der Waals surface area (Å²) in [5.74, 6) is -0.108. The molecule has 1 fully saturated rings. The van der Waals surface area contributed by atoms with Gasteiger partial charge in [0.2, 0.25) is 5.91 Å². The highest BCUT2D eigenvalue weighted by atomic mass is 35.5. The number of amides is 2. The molecule has 0 saturated carbocycles. The zero-order valence-corrected chi connectivity index (χ0v) is 15.5. The second-order valence-corrected chi connectivity index (χ2v) is 5.99. The summed E-state index contributed by atoms with van der Waals surface area (Å²) in [6.45, 7) is 3.88. The van der Waals surface area contributed by atoms with E-state index in [0.717, 1.165) is 12.1 Å². The van der Waals surface area contributed by atoms with Gasteiger partial charge in [-0.15, -0.1) is 12.4 Å². The molecule has 0 radical (unpaired) electrons. The molecule has 2 heterocycles. The van der Waals surface area contributed by atoms with E-state index in [1.807, 2.05) is 17.0 Å². The summed E-state index contributed by atoms with van der Waals surface area (Å²) in [6, 6.07) is 10.9. The van der Waals surface area contributed by atoms with Crippen LogP contribution in [0.4, 0.5) is 5.69 Å². The second-order valence-electron chi connectivity index (χ2n) is 5.99. The molecule has 7 heteroatoms. The van der Waals surface area contributed by atoms with E-state index in [1.165, 1.54) is 0 Å². The number of piperazine rings is 1. The normalized spacial score (nSPS) is 16.5. The second kappa shape index (κ2) is 9.31. The van der Waals surface area contributed by atoms with Gasteiger partial charge in [-0.3, -0.25) is 14.6 Å². The quantitative estimate of drug-likeness (QED) is 0.862. The van der Waals surface area contributed by atoms with Gasteiger partial charge in [-0.2, -0.15) is 0 Å². The fourth-order valence-corrected chi connectivity index (χ4v) is 2.96. The van der Waals surface area contributed by atoms with Gasteiger partial charge < -0.3 is 15.5 Å². The molecule has 3 rings (SSSR count). The van der Waals surface area contributed by atoms with Crippen molar-refractivity contribution in [3.63, 3.8) is 0 Å². The Kier molecular flexibility index (Phi) is 7.12. The highest BCUT2D eigenvalue weighted by molar-refractivity contribution is 5.97. The molecule has 1 unspecified atom stereocenters. The Labute approximate surface area is 159 Å². The lowest BCUT2D eigenvalue weighted by molar-refractivity contribution is -0.115. The number of hydrogen-bond donors (Lipinski definition) is 2. The lowest BCUT2D eigenvalue weighted by atomic mass is 10.0. The van der Waals surface area contributed by atoms with Gasteiger partial charge in [-0.05, 0) is 29.8 Å². The van der Waals surface area contributed by atoms with Gasteiger partial charge in [-0.25, -0.2) is 0 Å². The first-order chi connectivity index (χ1) is 12.2. The van der Waals surface area contributed by atoms with E-state index in [9.17, 15) is 9.59 Å². The Hall–Kier alpha value is -2.44. The van der Waals surface area contributed by atoms with Crippen LogP contribution in [0.15, 0.2) is 48.8 Å². The van der Waals surface area contributed by atoms with Gasteiger partial charge in [0.1, 0.15) is 0 Å². The molecule has 1 saturated heterocycles. The highest BCUT2D eigenvalue weighted by Crippen LogP contribution is 2.24. The Morgan fingerprint density at radius 1 is 1.31 bits per heavy atom. The predicted molar refractivity (Wildman–Crippen MR) is 103 cm³/mol. The van der Waals surface area contributed by atoms with Crippen LogP contribution in [0.3, 0.4) is 0 Å². The fourth-order valence-electron chi connectivity index (χ4n) is 2.96. The van der Waals surface area contributed by atoms with Crippen molar-refractivity contribution < 1.29 is 9.59 Å². The topological polar surface area (TPSA) is 74.3 Å². The molecule has 2 N–H and O–H groups in total. The van der Waals surface area contributed by atoms with Crippen LogP contribution in [-0.2, 0) is 4.79 Å². The summed E-state index contributed by atoms with van der Waals surface area (Å²) in [6.07, 6.45) is 3.93. The number of carbonyl (C=O) groups excluding carboxylic acids is 2. The van der Waals surface area contributed by atoms with Gasteiger partial charge in [0.25, 0.3) is 5.91 Å². The van der Waals surface area contributed by atoms with Crippen LogP contribution in [0.25, 0.3) is 0 Å². The maximum Gasteiger partial charge on any atom is 0.254 e. The molecule has 1 aromatic carbocycles. The minimum absolute atomic E-state index is 0. The van der Waals surface area contributed by atoms with Crippen molar-refractivity contribution in [2.75, 3.05) is 25.0 Å². The van der Waals surface area contributed by atoms with E-state index in [-0.39, 0.29) is 30.3 Å². The number of benzene rings is 1. The van der Waals surface area contributed by atoms with Crippen LogP contribution in [0.2, 0.25) is 0 Å². The number of rotatable bonds is 4. The van der Waals surface area contributed by atoms with Gasteiger partial charge in [0.15, 0.2) is 0 Å². The third kappa shape index (κ3) is 4.59. The summed E-state index contributed by atoms with van der Waals surface area (Å²) < 4.78 is 0. The van der Waals surface area contributed by atoms with Crippen molar-refractivity contribution >= 4 is 29.9 Å². The number of anilines is 1. The molecule has 2 amide bonds. The molecule has 138 valence electrons.